The van der Waals surface area contributed by atoms with Crippen LogP contribution in [-0.4, -0.2) is 37.9 Å². The molecule has 2 N–H and O–H groups in total. The van der Waals surface area contributed by atoms with Gasteiger partial charge in [-0.05, 0) is 20.9 Å². The lowest BCUT2D eigenvalue weighted by molar-refractivity contribution is -0.266. The third-order valence-corrected chi connectivity index (χ3v) is 1.34. The van der Waals surface area contributed by atoms with Crippen LogP contribution in [0.4, 0.5) is 0 Å². The normalized spacial score (nSPS) is 11.0. The first-order chi connectivity index (χ1) is 5.24. The largest absolute Gasteiger partial charge is 0.389 e. The Morgan fingerprint density at radius 3 is 1.83 bits per heavy atom. The predicted molar refractivity (Wildman–Crippen MR) is 49.4 cm³/mol. The Hall–Kier alpha value is 0.130. The van der Waals surface area contributed by atoms with Crippen LogP contribution < -0.4 is 5.32 Å². The Morgan fingerprint density at radius 1 is 1.25 bits per heavy atom. The molecule has 0 aliphatic heterocycles. The molecule has 0 saturated heterocycles. The van der Waals surface area contributed by atoms with Gasteiger partial charge in [-0.15, -0.1) is 12.4 Å². The SMILES string of the molecule is CCOC(CO)(NC)OCC.Cl. The van der Waals surface area contributed by atoms with Gasteiger partial charge in [-0.2, -0.15) is 0 Å². The average Bonchev–Trinajstić information content (AvgIpc) is 2.04. The fourth-order valence-corrected chi connectivity index (χ4v) is 0.823. The van der Waals surface area contributed by atoms with Gasteiger partial charge in [0.15, 0.2) is 0 Å². The molecule has 0 atom stereocenters. The molecule has 0 radical (unpaired) electrons. The summed E-state index contributed by atoms with van der Waals surface area (Å²) < 4.78 is 10.4. The molecule has 76 valence electrons. The summed E-state index contributed by atoms with van der Waals surface area (Å²) in [7, 11) is 1.68. The number of aliphatic hydroxyl groups excluding tert-OH is 1. The summed E-state index contributed by atoms with van der Waals surface area (Å²) >= 11 is 0. The van der Waals surface area contributed by atoms with Crippen LogP contribution in [0, 0.1) is 0 Å². The second-order valence-corrected chi connectivity index (χ2v) is 2.03. The van der Waals surface area contributed by atoms with E-state index in [1.54, 1.807) is 7.05 Å². The van der Waals surface area contributed by atoms with Gasteiger partial charge in [-0.25, -0.2) is 0 Å². The van der Waals surface area contributed by atoms with Gasteiger partial charge in [0.1, 0.15) is 6.61 Å². The van der Waals surface area contributed by atoms with E-state index in [2.05, 4.69) is 5.32 Å². The van der Waals surface area contributed by atoms with Gasteiger partial charge < -0.3 is 14.6 Å². The molecular formula is C7H18ClNO3. The Morgan fingerprint density at radius 2 is 1.67 bits per heavy atom. The Balaban J connectivity index is 0. The van der Waals surface area contributed by atoms with Crippen LogP contribution in [0.15, 0.2) is 0 Å². The minimum absolute atomic E-state index is 0. The molecule has 0 heterocycles. The van der Waals surface area contributed by atoms with Gasteiger partial charge in [0.25, 0.3) is 5.91 Å². The number of rotatable bonds is 6. The smallest absolute Gasteiger partial charge is 0.251 e. The van der Waals surface area contributed by atoms with Crippen LogP contribution in [-0.2, 0) is 9.47 Å². The molecule has 0 aliphatic rings. The van der Waals surface area contributed by atoms with Crippen molar-refractivity contribution in [2.24, 2.45) is 0 Å². The number of halogens is 1. The van der Waals surface area contributed by atoms with E-state index in [0.717, 1.165) is 0 Å². The number of ether oxygens (including phenoxy) is 2. The molecule has 0 aromatic heterocycles. The van der Waals surface area contributed by atoms with Crippen molar-refractivity contribution in [2.45, 2.75) is 19.8 Å². The van der Waals surface area contributed by atoms with Gasteiger partial charge in [-0.1, -0.05) is 0 Å². The van der Waals surface area contributed by atoms with Crippen LogP contribution in [0.25, 0.3) is 0 Å². The van der Waals surface area contributed by atoms with Gasteiger partial charge in [0.05, 0.1) is 0 Å². The highest BCUT2D eigenvalue weighted by molar-refractivity contribution is 5.85. The van der Waals surface area contributed by atoms with E-state index in [-0.39, 0.29) is 19.0 Å². The molecule has 0 rings (SSSR count). The van der Waals surface area contributed by atoms with Crippen molar-refractivity contribution >= 4 is 12.4 Å². The Labute approximate surface area is 79.7 Å². The monoisotopic (exact) mass is 199 g/mol. The molecule has 0 unspecified atom stereocenters. The maximum Gasteiger partial charge on any atom is 0.251 e. The Bertz CT molecular complexity index is 90.7. The van der Waals surface area contributed by atoms with Gasteiger partial charge in [0.2, 0.25) is 0 Å². The van der Waals surface area contributed by atoms with E-state index in [1.165, 1.54) is 0 Å². The van der Waals surface area contributed by atoms with Crippen LogP contribution in [0.2, 0.25) is 0 Å². The highest BCUT2D eigenvalue weighted by Crippen LogP contribution is 2.06. The lowest BCUT2D eigenvalue weighted by Gasteiger charge is -2.30. The summed E-state index contributed by atoms with van der Waals surface area (Å²) in [6.07, 6.45) is 0. The van der Waals surface area contributed by atoms with Crippen molar-refractivity contribution in [3.63, 3.8) is 0 Å². The third kappa shape index (κ3) is 4.23. The van der Waals surface area contributed by atoms with E-state index in [1.807, 2.05) is 13.8 Å². The zero-order chi connectivity index (χ0) is 8.74. The van der Waals surface area contributed by atoms with Crippen molar-refractivity contribution in [1.29, 1.82) is 0 Å². The van der Waals surface area contributed by atoms with Crippen LogP contribution >= 0.6 is 12.4 Å². The minimum Gasteiger partial charge on any atom is -0.389 e. The third-order valence-electron chi connectivity index (χ3n) is 1.34. The molecule has 5 heteroatoms. The molecular weight excluding hydrogens is 182 g/mol. The zero-order valence-corrected chi connectivity index (χ0v) is 8.61. The fraction of sp³-hybridized carbons (Fsp3) is 1.00. The summed E-state index contributed by atoms with van der Waals surface area (Å²) in [5, 5.41) is 11.7. The van der Waals surface area contributed by atoms with E-state index < -0.39 is 5.91 Å². The quantitative estimate of drug-likeness (QED) is 0.606. The van der Waals surface area contributed by atoms with E-state index in [9.17, 15) is 0 Å². The Kier molecular flexibility index (Phi) is 9.47. The van der Waals surface area contributed by atoms with Crippen LogP contribution in [0.3, 0.4) is 0 Å². The second kappa shape index (κ2) is 7.76. The van der Waals surface area contributed by atoms with Gasteiger partial charge in [-0.3, -0.25) is 5.32 Å². The maximum atomic E-state index is 8.93. The zero-order valence-electron chi connectivity index (χ0n) is 7.79. The highest BCUT2D eigenvalue weighted by atomic mass is 35.5. The summed E-state index contributed by atoms with van der Waals surface area (Å²) in [6.45, 7) is 4.51. The minimum atomic E-state index is -1.01. The van der Waals surface area contributed by atoms with Crippen LogP contribution in [0.5, 0.6) is 0 Å². The summed E-state index contributed by atoms with van der Waals surface area (Å²) in [5.74, 6) is -1.01. The van der Waals surface area contributed by atoms with E-state index in [0.29, 0.717) is 13.2 Å². The first-order valence-corrected chi connectivity index (χ1v) is 3.82. The first kappa shape index (κ1) is 14.6. The average molecular weight is 200 g/mol. The van der Waals surface area contributed by atoms with Crippen molar-refractivity contribution in [2.75, 3.05) is 26.9 Å². The fourth-order valence-electron chi connectivity index (χ4n) is 0.823. The molecule has 12 heavy (non-hydrogen) atoms. The van der Waals surface area contributed by atoms with Crippen LogP contribution in [0.1, 0.15) is 13.8 Å². The van der Waals surface area contributed by atoms with Crippen molar-refractivity contribution < 1.29 is 14.6 Å². The molecule has 0 saturated carbocycles. The molecule has 0 bridgehead atoms. The van der Waals surface area contributed by atoms with Gasteiger partial charge in [0, 0.05) is 13.2 Å². The molecule has 0 aromatic carbocycles. The van der Waals surface area contributed by atoms with E-state index in [4.69, 9.17) is 14.6 Å². The molecule has 0 spiro atoms. The van der Waals surface area contributed by atoms with Crippen molar-refractivity contribution in [3.8, 4) is 0 Å². The van der Waals surface area contributed by atoms with Gasteiger partial charge >= 0.3 is 0 Å². The molecule has 4 nitrogen and oxygen atoms in total. The summed E-state index contributed by atoms with van der Waals surface area (Å²) in [4.78, 5) is 0. The number of nitrogens with one attached hydrogen (secondary N) is 1. The number of aliphatic hydroxyl groups is 1. The first-order valence-electron chi connectivity index (χ1n) is 3.82. The summed E-state index contributed by atoms with van der Waals surface area (Å²) in [6, 6.07) is 0. The number of likely N-dealkylation sites (N-methyl/N-ethyl adjacent to an activating group) is 1. The highest BCUT2D eigenvalue weighted by Gasteiger charge is 2.27. The van der Waals surface area contributed by atoms with Crippen molar-refractivity contribution in [3.05, 3.63) is 0 Å². The molecule has 0 amide bonds. The molecule has 0 aliphatic carbocycles. The lowest BCUT2D eigenvalue weighted by Crippen LogP contribution is -2.51. The maximum absolute atomic E-state index is 8.93. The number of hydrogen-bond donors (Lipinski definition) is 2. The predicted octanol–water partition coefficient (Wildman–Crippen LogP) is 0.347. The molecule has 0 aromatic rings. The molecule has 0 fully saturated rings. The standard InChI is InChI=1S/C7H17NO3.ClH/c1-4-10-7(6-9,8-3)11-5-2;/h8-9H,4-6H2,1-3H3;1H. The van der Waals surface area contributed by atoms with E-state index >= 15 is 0 Å². The lowest BCUT2D eigenvalue weighted by atomic mass is 10.5. The second-order valence-electron chi connectivity index (χ2n) is 2.03. The van der Waals surface area contributed by atoms with Crippen molar-refractivity contribution in [1.82, 2.24) is 5.32 Å². The topological polar surface area (TPSA) is 50.7 Å². The number of hydrogen-bond acceptors (Lipinski definition) is 4. The summed E-state index contributed by atoms with van der Waals surface area (Å²) in [5.41, 5.74) is 0.